The fourth-order valence-electron chi connectivity index (χ4n) is 1.89. The summed E-state index contributed by atoms with van der Waals surface area (Å²) in [6, 6.07) is 18.4. The van der Waals surface area contributed by atoms with E-state index in [1.807, 2.05) is 36.4 Å². The average molecular weight is 208 g/mol. The normalized spacial score (nSPS) is 13.1. The van der Waals surface area contributed by atoms with Crippen LogP contribution in [0.4, 0.5) is 11.4 Å². The van der Waals surface area contributed by atoms with E-state index in [1.165, 1.54) is 5.56 Å². The van der Waals surface area contributed by atoms with Gasteiger partial charge < -0.3 is 5.32 Å². The monoisotopic (exact) mass is 208 g/mol. The number of para-hydroxylation sites is 2. The number of benzene rings is 2. The van der Waals surface area contributed by atoms with Gasteiger partial charge in [0.15, 0.2) is 0 Å². The zero-order valence-corrected chi connectivity index (χ0v) is 8.85. The van der Waals surface area contributed by atoms with E-state index in [-0.39, 0.29) is 0 Å². The number of hydrogen-bond acceptors (Lipinski definition) is 2. The molecular weight excluding hydrogens is 196 g/mol. The SMILES string of the molecule is c1ccc(NC2=Nc3ccccc3C2)cc1. The average Bonchev–Trinajstić information content (AvgIpc) is 2.72. The van der Waals surface area contributed by atoms with E-state index in [0.717, 1.165) is 23.6 Å². The molecule has 0 amide bonds. The summed E-state index contributed by atoms with van der Waals surface area (Å²) < 4.78 is 0. The molecule has 16 heavy (non-hydrogen) atoms. The second-order valence-corrected chi connectivity index (χ2v) is 3.86. The molecule has 2 aromatic carbocycles. The Morgan fingerprint density at radius 2 is 1.62 bits per heavy atom. The van der Waals surface area contributed by atoms with E-state index in [1.54, 1.807) is 0 Å². The molecule has 1 aliphatic heterocycles. The van der Waals surface area contributed by atoms with E-state index in [2.05, 4.69) is 28.5 Å². The van der Waals surface area contributed by atoms with Crippen LogP contribution in [0.3, 0.4) is 0 Å². The Morgan fingerprint density at radius 3 is 2.44 bits per heavy atom. The van der Waals surface area contributed by atoms with Crippen molar-refractivity contribution in [3.63, 3.8) is 0 Å². The first kappa shape index (κ1) is 9.16. The number of fused-ring (bicyclic) bond motifs is 1. The molecule has 3 rings (SSSR count). The summed E-state index contributed by atoms with van der Waals surface area (Å²) in [5.41, 5.74) is 3.47. The van der Waals surface area contributed by atoms with Crippen molar-refractivity contribution in [2.75, 3.05) is 5.32 Å². The molecule has 0 spiro atoms. The third kappa shape index (κ3) is 1.70. The molecule has 0 aliphatic carbocycles. The standard InChI is InChI=1S/C14H12N2/c1-2-7-12(8-3-1)15-14-10-11-6-4-5-9-13(11)16-14/h1-9H,10H2,(H,15,16). The first-order valence-electron chi connectivity index (χ1n) is 5.39. The number of nitrogens with zero attached hydrogens (tertiary/aromatic N) is 1. The number of hydrogen-bond donors (Lipinski definition) is 1. The molecule has 78 valence electrons. The third-order valence-corrected chi connectivity index (χ3v) is 2.67. The van der Waals surface area contributed by atoms with Gasteiger partial charge in [0.25, 0.3) is 0 Å². The molecule has 0 saturated heterocycles. The Morgan fingerprint density at radius 1 is 0.875 bits per heavy atom. The summed E-state index contributed by atoms with van der Waals surface area (Å²) in [4.78, 5) is 4.55. The van der Waals surface area contributed by atoms with E-state index in [9.17, 15) is 0 Å². The summed E-state index contributed by atoms with van der Waals surface area (Å²) in [7, 11) is 0. The summed E-state index contributed by atoms with van der Waals surface area (Å²) in [5.74, 6) is 1.02. The Kier molecular flexibility index (Phi) is 2.18. The van der Waals surface area contributed by atoms with Crippen molar-refractivity contribution in [1.82, 2.24) is 0 Å². The van der Waals surface area contributed by atoms with Crippen LogP contribution in [0.5, 0.6) is 0 Å². The zero-order valence-electron chi connectivity index (χ0n) is 8.85. The predicted molar refractivity (Wildman–Crippen MR) is 67.3 cm³/mol. The van der Waals surface area contributed by atoms with Crippen LogP contribution in [-0.2, 0) is 6.42 Å². The smallest absolute Gasteiger partial charge is 0.111 e. The third-order valence-electron chi connectivity index (χ3n) is 2.67. The molecule has 0 atom stereocenters. The fourth-order valence-corrected chi connectivity index (χ4v) is 1.89. The van der Waals surface area contributed by atoms with Gasteiger partial charge in [-0.15, -0.1) is 0 Å². The van der Waals surface area contributed by atoms with Gasteiger partial charge in [0.1, 0.15) is 5.84 Å². The predicted octanol–water partition coefficient (Wildman–Crippen LogP) is 3.38. The summed E-state index contributed by atoms with van der Waals surface area (Å²) in [6.07, 6.45) is 0.894. The van der Waals surface area contributed by atoms with Crippen LogP contribution in [0, 0.1) is 0 Å². The van der Waals surface area contributed by atoms with Crippen molar-refractivity contribution in [2.45, 2.75) is 6.42 Å². The lowest BCUT2D eigenvalue weighted by atomic mass is 10.1. The lowest BCUT2D eigenvalue weighted by Gasteiger charge is -2.04. The van der Waals surface area contributed by atoms with E-state index in [0.29, 0.717) is 0 Å². The minimum atomic E-state index is 0.894. The highest BCUT2D eigenvalue weighted by atomic mass is 15.0. The van der Waals surface area contributed by atoms with Gasteiger partial charge in [0.05, 0.1) is 5.69 Å². The second kappa shape index (κ2) is 3.81. The molecule has 0 bridgehead atoms. The van der Waals surface area contributed by atoms with Gasteiger partial charge in [-0.1, -0.05) is 36.4 Å². The molecule has 1 aliphatic rings. The minimum Gasteiger partial charge on any atom is -0.343 e. The molecule has 0 aromatic heterocycles. The maximum atomic E-state index is 4.55. The van der Waals surface area contributed by atoms with E-state index < -0.39 is 0 Å². The Bertz CT molecular complexity index is 529. The topological polar surface area (TPSA) is 24.4 Å². The minimum absolute atomic E-state index is 0.894. The Balaban J connectivity index is 1.81. The van der Waals surface area contributed by atoms with Crippen LogP contribution in [-0.4, -0.2) is 5.84 Å². The van der Waals surface area contributed by atoms with Crippen LogP contribution < -0.4 is 5.32 Å². The highest BCUT2D eigenvalue weighted by Crippen LogP contribution is 2.26. The summed E-state index contributed by atoms with van der Waals surface area (Å²) in [5, 5.41) is 3.34. The largest absolute Gasteiger partial charge is 0.343 e. The number of anilines is 1. The van der Waals surface area contributed by atoms with Gasteiger partial charge in [-0.3, -0.25) is 0 Å². The van der Waals surface area contributed by atoms with E-state index >= 15 is 0 Å². The van der Waals surface area contributed by atoms with Crippen LogP contribution in [0.15, 0.2) is 59.6 Å². The molecule has 2 aromatic rings. The summed E-state index contributed by atoms with van der Waals surface area (Å²) in [6.45, 7) is 0. The molecule has 1 heterocycles. The van der Waals surface area contributed by atoms with Crippen LogP contribution in [0.1, 0.15) is 5.56 Å². The quantitative estimate of drug-likeness (QED) is 0.763. The van der Waals surface area contributed by atoms with Gasteiger partial charge >= 0.3 is 0 Å². The molecule has 0 fully saturated rings. The van der Waals surface area contributed by atoms with Crippen molar-refractivity contribution < 1.29 is 0 Å². The molecule has 2 nitrogen and oxygen atoms in total. The zero-order chi connectivity index (χ0) is 10.8. The van der Waals surface area contributed by atoms with Gasteiger partial charge in [0, 0.05) is 12.1 Å². The van der Waals surface area contributed by atoms with Crippen molar-refractivity contribution in [3.05, 3.63) is 60.2 Å². The Hall–Kier alpha value is -2.09. The van der Waals surface area contributed by atoms with Crippen molar-refractivity contribution in [2.24, 2.45) is 4.99 Å². The second-order valence-electron chi connectivity index (χ2n) is 3.86. The van der Waals surface area contributed by atoms with Crippen LogP contribution >= 0.6 is 0 Å². The van der Waals surface area contributed by atoms with Crippen molar-refractivity contribution in [3.8, 4) is 0 Å². The molecule has 2 heteroatoms. The maximum Gasteiger partial charge on any atom is 0.111 e. The summed E-state index contributed by atoms with van der Waals surface area (Å²) >= 11 is 0. The maximum absolute atomic E-state index is 4.55. The highest BCUT2D eigenvalue weighted by Gasteiger charge is 2.13. The number of nitrogens with one attached hydrogen (secondary N) is 1. The molecule has 0 saturated carbocycles. The lowest BCUT2D eigenvalue weighted by molar-refractivity contribution is 1.38. The number of amidine groups is 1. The fraction of sp³-hybridized carbons (Fsp3) is 0.0714. The first-order chi connectivity index (χ1) is 7.92. The molecule has 1 N–H and O–H groups in total. The lowest BCUT2D eigenvalue weighted by Crippen LogP contribution is -2.11. The van der Waals surface area contributed by atoms with Crippen LogP contribution in [0.25, 0.3) is 0 Å². The van der Waals surface area contributed by atoms with Gasteiger partial charge in [0.2, 0.25) is 0 Å². The molecule has 0 unspecified atom stereocenters. The van der Waals surface area contributed by atoms with Gasteiger partial charge in [-0.2, -0.15) is 0 Å². The van der Waals surface area contributed by atoms with Gasteiger partial charge in [-0.05, 0) is 23.8 Å². The van der Waals surface area contributed by atoms with Crippen molar-refractivity contribution in [1.29, 1.82) is 0 Å². The van der Waals surface area contributed by atoms with Gasteiger partial charge in [-0.25, -0.2) is 4.99 Å². The first-order valence-corrected chi connectivity index (χ1v) is 5.39. The van der Waals surface area contributed by atoms with Crippen LogP contribution in [0.2, 0.25) is 0 Å². The van der Waals surface area contributed by atoms with Crippen molar-refractivity contribution >= 4 is 17.2 Å². The molecule has 0 radical (unpaired) electrons. The highest BCUT2D eigenvalue weighted by molar-refractivity contribution is 6.01. The molecular formula is C14H12N2. The van der Waals surface area contributed by atoms with E-state index in [4.69, 9.17) is 0 Å². The number of rotatable bonds is 1. The Labute approximate surface area is 94.7 Å². The number of aliphatic imine (C=N–C) groups is 1.